The van der Waals surface area contributed by atoms with Crippen molar-refractivity contribution in [2.75, 3.05) is 184 Å². The Labute approximate surface area is 892 Å². The second-order valence-electron chi connectivity index (χ2n) is 42.4. The fourth-order valence-corrected chi connectivity index (χ4v) is 19.6. The highest BCUT2D eigenvalue weighted by Gasteiger charge is 2.54. The van der Waals surface area contributed by atoms with E-state index < -0.39 is 105 Å². The molecule has 16 atom stereocenters. The van der Waals surface area contributed by atoms with Gasteiger partial charge in [-0.05, 0) is 128 Å². The molecule has 0 aromatic heterocycles. The molecule has 150 heavy (non-hydrogen) atoms. The third kappa shape index (κ3) is 41.9. The average Bonchev–Trinajstić information content (AvgIpc) is 1.65. The van der Waals surface area contributed by atoms with Gasteiger partial charge >= 0.3 is 0 Å². The molecule has 826 valence electrons. The predicted molar refractivity (Wildman–Crippen MR) is 567 cm³/mol. The zero-order valence-electron chi connectivity index (χ0n) is 89.4. The molecule has 8 saturated heterocycles. The normalized spacial score (nSPS) is 22.6. The zero-order valence-corrected chi connectivity index (χ0v) is 91.1. The van der Waals surface area contributed by atoms with Gasteiger partial charge in [0, 0.05) is 107 Å². The van der Waals surface area contributed by atoms with Crippen molar-refractivity contribution in [3.05, 3.63) is 144 Å². The predicted octanol–water partition coefficient (Wildman–Crippen LogP) is 5.02. The minimum atomic E-state index is -0.904. The number of nitrogens with zero attached hydrogens (tertiary/aromatic N) is 4. The third-order valence-electron chi connectivity index (χ3n) is 28.5. The second kappa shape index (κ2) is 60.2. The first kappa shape index (κ1) is 122. The number of ether oxygens (including phenoxy) is 9. The van der Waals surface area contributed by atoms with Crippen LogP contribution in [0.3, 0.4) is 0 Å². The number of amides is 8. The summed E-state index contributed by atoms with van der Waals surface area (Å²) in [7, 11) is 1.45. The van der Waals surface area contributed by atoms with Gasteiger partial charge in [0.2, 0.25) is 47.3 Å². The number of carbonyl (C=O) groups is 16. The number of Topliss-reactive ketones (excluding diaryl/α,β-unsaturated/α-hetero) is 8. The van der Waals surface area contributed by atoms with Gasteiger partial charge < -0.3 is 85.2 Å². The van der Waals surface area contributed by atoms with E-state index in [-0.39, 0.29) is 146 Å². The van der Waals surface area contributed by atoms with Crippen molar-refractivity contribution in [3.63, 3.8) is 0 Å². The Morgan fingerprint density at radius 1 is 0.367 bits per heavy atom. The summed E-state index contributed by atoms with van der Waals surface area (Å²) >= 11 is 6.05. The lowest BCUT2D eigenvalue weighted by Gasteiger charge is -2.29. The maximum atomic E-state index is 13.8. The first-order valence-electron chi connectivity index (χ1n) is 52.8. The molecule has 9 aliphatic rings. The number of hydrogen-bond acceptors (Lipinski definition) is 31. The highest BCUT2D eigenvalue weighted by Crippen LogP contribution is 2.36. The SMILES string of the molecule is COC[C@H](CC(=O)[C@H](C)NC(=O)CN1CCOCC1)C(=O)N[C@@H](Cc1ccccc1)C(=O)[C@@]1(C)CO1.CSC[C@H](CC(=O)[C@H](C)NC(=O)CN1CCOCC1)C(=O)N[C@@H](Cc1ccccc1)C(=O)[C@@]1(C)CO1.C[C@H](NC(=O)CN1CCOCC1)C(=O)C[C@@H](CC(C)(C)S)C(=O)N[C@@H](Cc1ccccc1)C(=O)[C@@]1(C)CO1.C[C@H](NC(=O)CN1CCOCC1)C(=O)C[C@@H](CC1CCCCC1)C(=O)N[C@@H](Cc1ccccc1)C(=O)[C@@]1(C)CO1. The van der Waals surface area contributed by atoms with Gasteiger partial charge in [0.15, 0.2) is 46.3 Å². The van der Waals surface area contributed by atoms with Crippen LogP contribution in [-0.2, 0) is 145 Å². The number of hydrogen-bond donors (Lipinski definition) is 9. The zero-order chi connectivity index (χ0) is 109. The van der Waals surface area contributed by atoms with Crippen LogP contribution >= 0.6 is 24.4 Å². The van der Waals surface area contributed by atoms with Crippen LogP contribution in [0.1, 0.15) is 162 Å². The van der Waals surface area contributed by atoms with Crippen LogP contribution in [-0.4, -0.2) is 372 Å². The molecule has 9 fully saturated rings. The van der Waals surface area contributed by atoms with Crippen LogP contribution in [0.25, 0.3) is 0 Å². The van der Waals surface area contributed by atoms with Gasteiger partial charge in [-0.2, -0.15) is 24.4 Å². The molecule has 8 amide bonds. The number of epoxide rings is 4. The molecule has 8 N–H and O–H groups in total. The number of thiol groups is 1. The number of benzene rings is 4. The van der Waals surface area contributed by atoms with Crippen molar-refractivity contribution < 1.29 is 119 Å². The molecule has 0 radical (unpaired) electrons. The smallest absolute Gasteiger partial charge is 0.234 e. The highest BCUT2D eigenvalue weighted by atomic mass is 32.2. The second-order valence-corrected chi connectivity index (χ2v) is 44.5. The van der Waals surface area contributed by atoms with Crippen LogP contribution < -0.4 is 42.5 Å². The van der Waals surface area contributed by atoms with Gasteiger partial charge in [-0.3, -0.25) is 96.3 Å². The lowest BCUT2D eigenvalue weighted by molar-refractivity contribution is -0.135. The minimum Gasteiger partial charge on any atom is -0.384 e. The summed E-state index contributed by atoms with van der Waals surface area (Å²) in [5.74, 6) is -5.91. The number of methoxy groups -OCH3 is 1. The maximum absolute atomic E-state index is 13.8. The summed E-state index contributed by atoms with van der Waals surface area (Å²) in [6, 6.07) is 32.0. The van der Waals surface area contributed by atoms with E-state index in [0.717, 1.165) is 47.9 Å². The fraction of sp³-hybridized carbons (Fsp3) is 0.640. The summed E-state index contributed by atoms with van der Waals surface area (Å²) in [4.78, 5) is 216. The van der Waals surface area contributed by atoms with Crippen molar-refractivity contribution in [2.45, 2.75) is 241 Å². The van der Waals surface area contributed by atoms with Gasteiger partial charge in [-0.15, -0.1) is 0 Å². The molecule has 13 rings (SSSR count). The first-order valence-corrected chi connectivity index (χ1v) is 54.7. The molecule has 8 heterocycles. The number of nitrogens with one attached hydrogen (secondary N) is 8. The molecule has 37 nitrogen and oxygen atoms in total. The van der Waals surface area contributed by atoms with Gasteiger partial charge in [0.05, 0.1) is 172 Å². The Bertz CT molecular complexity index is 4930. The van der Waals surface area contributed by atoms with Gasteiger partial charge in [-0.25, -0.2) is 0 Å². The Morgan fingerprint density at radius 3 is 0.860 bits per heavy atom. The van der Waals surface area contributed by atoms with Gasteiger partial charge in [0.25, 0.3) is 0 Å². The minimum absolute atomic E-state index is 0.00598. The van der Waals surface area contributed by atoms with Crippen molar-refractivity contribution in [1.29, 1.82) is 0 Å². The largest absolute Gasteiger partial charge is 0.384 e. The summed E-state index contributed by atoms with van der Waals surface area (Å²) in [6.45, 7) is 29.4. The van der Waals surface area contributed by atoms with E-state index in [1.54, 1.807) is 55.4 Å². The van der Waals surface area contributed by atoms with E-state index >= 15 is 0 Å². The Morgan fingerprint density at radius 2 is 0.607 bits per heavy atom. The summed E-state index contributed by atoms with van der Waals surface area (Å²) < 4.78 is 47.3. The topological polar surface area (TPSA) is 479 Å². The van der Waals surface area contributed by atoms with E-state index in [1.165, 1.54) is 25.3 Å². The molecule has 1 saturated carbocycles. The average molecular weight is 2130 g/mol. The molecule has 4 aromatic carbocycles. The Kier molecular flexibility index (Phi) is 48.9. The fourth-order valence-electron chi connectivity index (χ4n) is 18.7. The van der Waals surface area contributed by atoms with Crippen LogP contribution in [0, 0.1) is 29.6 Å². The molecule has 0 bridgehead atoms. The van der Waals surface area contributed by atoms with Crippen molar-refractivity contribution >= 4 is 118 Å². The molecule has 8 aliphatic heterocycles. The van der Waals surface area contributed by atoms with E-state index in [4.69, 9.17) is 42.6 Å². The molecule has 1 aliphatic carbocycles. The molecule has 0 unspecified atom stereocenters. The van der Waals surface area contributed by atoms with E-state index in [2.05, 4.69) is 55.2 Å². The molecular formula is C111H160N12O25S2. The number of rotatable bonds is 56. The number of carbonyl (C=O) groups excluding carboxylic acids is 16. The van der Waals surface area contributed by atoms with E-state index in [1.807, 2.05) is 161 Å². The summed E-state index contributed by atoms with van der Waals surface area (Å²) in [5, 5.41) is 22.7. The standard InChI is InChI=1S/C31H45N3O6.C28H41N3O6S.C26H37N3O7.C26H37N3O6S/c1-22(32-28(36)20-34-13-15-39-16-14-34)27(35)19-25(17-23-9-5-3-6-10-23)30(38)33-26(29(37)31(2)21-40-31)18-24-11-7-4-8-12-24;1-19(29-24(33)17-31-10-12-36-13-11-31)23(32)15-21(16-27(2,3)38)26(35)30-22(25(34)28(4)18-37-28)14-20-8-6-5-7-9-20;1-18(27-23(31)15-29-9-11-35-12-10-29)22(30)14-20(16-34-3)25(33)28-21(24(32)26(2)17-36-26)13-19-7-5-4-6-8-19;1-18(27-23(31)15-29-9-11-34-12-10-29)22(30)14-20(16-36-3)25(33)28-21(24(32)26(2)17-35-26)13-19-7-5-4-6-8-19/h4,7-8,11-12,22-23,25-26H,3,5-6,9-10,13-21H2,1-2H3,(H,32,36)(H,33,38);5-9,19,21-22,38H,10-18H2,1-4H3,(H,29,33)(H,30,35);2*4-8,18,20-21H,9-17H2,1-3H3,(H,27,31)(H,28,33)/t22-,25+,26-,31+;19-,21-,22-,28+;2*18-,20-,21-,26+/m0000/s1. The quantitative estimate of drug-likeness (QED) is 0.0207. The number of ketones is 8. The highest BCUT2D eigenvalue weighted by molar-refractivity contribution is 7.98. The van der Waals surface area contributed by atoms with Gasteiger partial charge in [-0.1, -0.05) is 167 Å². The molecule has 0 spiro atoms. The summed E-state index contributed by atoms with van der Waals surface area (Å²) in [5.41, 5.74) is 0.123. The van der Waals surface area contributed by atoms with Crippen LogP contribution in [0.15, 0.2) is 121 Å². The van der Waals surface area contributed by atoms with Crippen LogP contribution in [0.4, 0.5) is 0 Å². The third-order valence-corrected chi connectivity index (χ3v) is 29.4. The lowest BCUT2D eigenvalue weighted by atomic mass is 9.80. The number of morpholine rings is 4. The van der Waals surface area contributed by atoms with Crippen molar-refractivity contribution in [3.8, 4) is 0 Å². The Hall–Kier alpha value is -9.82. The number of thioether (sulfide) groups is 1. The Balaban J connectivity index is 0.000000204. The summed E-state index contributed by atoms with van der Waals surface area (Å²) in [6.07, 6.45) is 9.49. The van der Waals surface area contributed by atoms with Crippen LogP contribution in [0.2, 0.25) is 0 Å². The first-order chi connectivity index (χ1) is 71.5. The molecule has 4 aromatic rings. The van der Waals surface area contributed by atoms with Crippen LogP contribution in [0.5, 0.6) is 0 Å². The van der Waals surface area contributed by atoms with Crippen molar-refractivity contribution in [1.82, 2.24) is 62.1 Å². The monoisotopic (exact) mass is 2130 g/mol. The molecular weight excluding hydrogens is 1970 g/mol. The maximum Gasteiger partial charge on any atom is 0.234 e. The lowest BCUT2D eigenvalue weighted by Crippen LogP contribution is -2.51. The van der Waals surface area contributed by atoms with Crippen molar-refractivity contribution in [2.24, 2.45) is 29.6 Å². The van der Waals surface area contributed by atoms with E-state index in [0.29, 0.717) is 182 Å². The van der Waals surface area contributed by atoms with Gasteiger partial charge in [0.1, 0.15) is 22.4 Å². The molecule has 39 heteroatoms. The van der Waals surface area contributed by atoms with E-state index in [9.17, 15) is 76.7 Å².